The fraction of sp³-hybridized carbons (Fsp3) is 0.519. The zero-order valence-corrected chi connectivity index (χ0v) is 22.8. The van der Waals surface area contributed by atoms with Gasteiger partial charge in [-0.05, 0) is 58.9 Å². The molecule has 1 aromatic heterocycles. The standard InChI is InChI=1S/C27H36ClN5O4/c1-15-24(23(16(2)29)17(3)34)31-25(32-26(15)33-13-27(14-33)9-20(10-27)36-5)21-8-19(6-7-22(21)28)37-12-18(35)11-30-4/h6-8,18,20,29-30,34-35H,9-14H2,1-5H3/b23-17+,29-16?/t18-/m1/s1. The Morgan fingerprint density at radius 1 is 1.30 bits per heavy atom. The van der Waals surface area contributed by atoms with E-state index in [2.05, 4.69) is 10.2 Å². The lowest BCUT2D eigenvalue weighted by atomic mass is 9.61. The van der Waals surface area contributed by atoms with Gasteiger partial charge in [0, 0.05) is 49.0 Å². The number of aliphatic hydroxyl groups is 2. The fourth-order valence-electron chi connectivity index (χ4n) is 5.29. The molecule has 2 aliphatic rings. The molecule has 0 unspecified atom stereocenters. The fourth-order valence-corrected chi connectivity index (χ4v) is 5.50. The van der Waals surface area contributed by atoms with Gasteiger partial charge in [0.15, 0.2) is 5.82 Å². The highest BCUT2D eigenvalue weighted by Crippen LogP contribution is 2.51. The molecule has 2 aromatic rings. The van der Waals surface area contributed by atoms with Gasteiger partial charge in [-0.1, -0.05) is 11.6 Å². The van der Waals surface area contributed by atoms with Crippen molar-refractivity contribution in [3.05, 3.63) is 40.2 Å². The van der Waals surface area contributed by atoms with E-state index in [1.165, 1.54) is 0 Å². The first-order valence-corrected chi connectivity index (χ1v) is 12.8. The molecular formula is C27H36ClN5O4. The molecule has 1 atom stereocenters. The minimum atomic E-state index is -0.656. The largest absolute Gasteiger partial charge is 0.512 e. The molecule has 200 valence electrons. The number of halogens is 1. The maximum absolute atomic E-state index is 10.4. The van der Waals surface area contributed by atoms with Crippen LogP contribution < -0.4 is 15.0 Å². The van der Waals surface area contributed by atoms with Crippen molar-refractivity contribution in [2.75, 3.05) is 45.3 Å². The van der Waals surface area contributed by atoms with E-state index in [9.17, 15) is 10.2 Å². The highest BCUT2D eigenvalue weighted by molar-refractivity contribution is 6.33. The Bertz CT molecular complexity index is 1200. The summed E-state index contributed by atoms with van der Waals surface area (Å²) in [6.45, 7) is 7.38. The summed E-state index contributed by atoms with van der Waals surface area (Å²) in [5.74, 6) is 1.70. The summed E-state index contributed by atoms with van der Waals surface area (Å²) in [7, 11) is 3.52. The van der Waals surface area contributed by atoms with E-state index in [0.717, 1.165) is 37.3 Å². The Balaban J connectivity index is 1.73. The van der Waals surface area contributed by atoms with Gasteiger partial charge in [0.1, 0.15) is 30.0 Å². The lowest BCUT2D eigenvalue weighted by Gasteiger charge is -2.59. The summed E-state index contributed by atoms with van der Waals surface area (Å²) in [6, 6.07) is 5.21. The molecule has 9 nitrogen and oxygen atoms in total. The second-order valence-corrected chi connectivity index (χ2v) is 10.6. The van der Waals surface area contributed by atoms with Crippen LogP contribution in [-0.2, 0) is 4.74 Å². The third kappa shape index (κ3) is 5.60. The monoisotopic (exact) mass is 529 g/mol. The molecule has 2 fully saturated rings. The molecule has 0 bridgehead atoms. The van der Waals surface area contributed by atoms with Crippen molar-refractivity contribution < 1.29 is 19.7 Å². The van der Waals surface area contributed by atoms with Gasteiger partial charge < -0.3 is 35.3 Å². The summed E-state index contributed by atoms with van der Waals surface area (Å²) in [5.41, 5.74) is 2.71. The van der Waals surface area contributed by atoms with Gasteiger partial charge in [-0.3, -0.25) is 0 Å². The van der Waals surface area contributed by atoms with E-state index in [1.807, 2.05) is 6.92 Å². The highest BCUT2D eigenvalue weighted by atomic mass is 35.5. The zero-order chi connectivity index (χ0) is 26.9. The molecule has 0 amide bonds. The van der Waals surface area contributed by atoms with Crippen molar-refractivity contribution in [2.45, 2.75) is 45.8 Å². The number of ether oxygens (including phenoxy) is 2. The maximum Gasteiger partial charge on any atom is 0.163 e. The Hall–Kier alpha value is -2.72. The molecule has 1 aromatic carbocycles. The number of rotatable bonds is 10. The SMILES string of the molecule is CNC[C@@H](O)COc1ccc(Cl)c(-c2nc(/C(C(C)=N)=C(\C)O)c(C)c(N3CC4(CC(OC)C4)C3)n2)c1. The van der Waals surface area contributed by atoms with Crippen molar-refractivity contribution in [3.63, 3.8) is 0 Å². The molecule has 1 spiro atoms. The normalized spacial score (nSPS) is 18.2. The lowest BCUT2D eigenvalue weighted by molar-refractivity contribution is -0.0733. The quantitative estimate of drug-likeness (QED) is 0.269. The van der Waals surface area contributed by atoms with Gasteiger partial charge in [-0.15, -0.1) is 0 Å². The first kappa shape index (κ1) is 27.3. The average Bonchev–Trinajstić information content (AvgIpc) is 2.78. The first-order valence-electron chi connectivity index (χ1n) is 12.4. The minimum Gasteiger partial charge on any atom is -0.512 e. The Morgan fingerprint density at radius 3 is 2.59 bits per heavy atom. The second-order valence-electron chi connectivity index (χ2n) is 10.2. The molecule has 2 heterocycles. The van der Waals surface area contributed by atoms with E-state index in [4.69, 9.17) is 36.5 Å². The van der Waals surface area contributed by atoms with Crippen LogP contribution in [0.5, 0.6) is 5.75 Å². The highest BCUT2D eigenvalue weighted by Gasteiger charge is 2.53. The Kier molecular flexibility index (Phi) is 8.08. The van der Waals surface area contributed by atoms with Gasteiger partial charge >= 0.3 is 0 Å². The molecule has 37 heavy (non-hydrogen) atoms. The van der Waals surface area contributed by atoms with Crippen LogP contribution in [0.1, 0.15) is 37.9 Å². The third-order valence-electron chi connectivity index (χ3n) is 7.16. The Labute approximate surface area is 223 Å². The van der Waals surface area contributed by atoms with E-state index in [-0.39, 0.29) is 23.5 Å². The van der Waals surface area contributed by atoms with Gasteiger partial charge in [-0.25, -0.2) is 9.97 Å². The number of hydrogen-bond donors (Lipinski definition) is 4. The number of hydrogen-bond acceptors (Lipinski definition) is 9. The number of likely N-dealkylation sites (N-methyl/N-ethyl adjacent to an activating group) is 1. The molecule has 1 saturated heterocycles. The molecule has 0 radical (unpaired) electrons. The topological polar surface area (TPSA) is 124 Å². The molecule has 10 heteroatoms. The van der Waals surface area contributed by atoms with Crippen LogP contribution >= 0.6 is 11.6 Å². The number of allylic oxidation sites excluding steroid dienone is 2. The van der Waals surface area contributed by atoms with E-state index in [1.54, 1.807) is 46.2 Å². The van der Waals surface area contributed by atoms with Gasteiger partial charge in [0.05, 0.1) is 22.4 Å². The van der Waals surface area contributed by atoms with Crippen molar-refractivity contribution in [1.82, 2.24) is 15.3 Å². The first-order chi connectivity index (χ1) is 17.6. The van der Waals surface area contributed by atoms with Crippen LogP contribution in [0.4, 0.5) is 5.82 Å². The zero-order valence-electron chi connectivity index (χ0n) is 22.1. The summed E-state index contributed by atoms with van der Waals surface area (Å²) < 4.78 is 11.3. The number of aromatic nitrogens is 2. The number of nitrogens with one attached hydrogen (secondary N) is 2. The van der Waals surface area contributed by atoms with Crippen molar-refractivity contribution in [3.8, 4) is 17.1 Å². The molecule has 4 rings (SSSR count). The number of methoxy groups -OCH3 is 1. The number of aliphatic hydroxyl groups excluding tert-OH is 2. The van der Waals surface area contributed by atoms with Crippen LogP contribution in [-0.4, -0.2) is 78.5 Å². The van der Waals surface area contributed by atoms with Crippen LogP contribution in [0.15, 0.2) is 24.0 Å². The van der Waals surface area contributed by atoms with Gasteiger partial charge in [0.25, 0.3) is 0 Å². The number of nitrogens with zero attached hydrogens (tertiary/aromatic N) is 3. The lowest BCUT2D eigenvalue weighted by Crippen LogP contribution is -2.64. The predicted molar refractivity (Wildman–Crippen MR) is 146 cm³/mol. The van der Waals surface area contributed by atoms with Crippen molar-refractivity contribution in [2.24, 2.45) is 5.41 Å². The Morgan fingerprint density at radius 2 is 2.00 bits per heavy atom. The van der Waals surface area contributed by atoms with Gasteiger partial charge in [-0.2, -0.15) is 0 Å². The predicted octanol–water partition coefficient (Wildman–Crippen LogP) is 4.01. The smallest absolute Gasteiger partial charge is 0.163 e. The number of anilines is 1. The summed E-state index contributed by atoms with van der Waals surface area (Å²) in [6.07, 6.45) is 1.74. The number of benzene rings is 1. The third-order valence-corrected chi connectivity index (χ3v) is 7.49. The minimum absolute atomic E-state index is 0.0231. The van der Waals surface area contributed by atoms with Crippen LogP contribution in [0.3, 0.4) is 0 Å². The molecular weight excluding hydrogens is 494 g/mol. The average molecular weight is 530 g/mol. The summed E-state index contributed by atoms with van der Waals surface area (Å²) in [4.78, 5) is 11.9. The maximum atomic E-state index is 10.4. The second kappa shape index (κ2) is 10.9. The van der Waals surface area contributed by atoms with Crippen molar-refractivity contribution in [1.29, 1.82) is 5.41 Å². The van der Waals surface area contributed by atoms with Crippen LogP contribution in [0.2, 0.25) is 5.02 Å². The van der Waals surface area contributed by atoms with E-state index >= 15 is 0 Å². The van der Waals surface area contributed by atoms with Crippen LogP contribution in [0.25, 0.3) is 17.0 Å². The molecule has 1 saturated carbocycles. The van der Waals surface area contributed by atoms with Crippen molar-refractivity contribution >= 4 is 28.7 Å². The van der Waals surface area contributed by atoms with Crippen LogP contribution in [0, 0.1) is 17.7 Å². The van der Waals surface area contributed by atoms with E-state index < -0.39 is 6.10 Å². The van der Waals surface area contributed by atoms with E-state index in [0.29, 0.717) is 46.1 Å². The summed E-state index contributed by atoms with van der Waals surface area (Å²) >= 11 is 6.60. The molecule has 1 aliphatic carbocycles. The van der Waals surface area contributed by atoms with Gasteiger partial charge in [0.2, 0.25) is 0 Å². The molecule has 4 N–H and O–H groups in total. The summed E-state index contributed by atoms with van der Waals surface area (Å²) in [5, 5.41) is 32.1. The molecule has 1 aliphatic heterocycles.